The number of nitrogens with one attached hydrogen (secondary N) is 1. The second-order valence-corrected chi connectivity index (χ2v) is 10.7. The van der Waals surface area contributed by atoms with Gasteiger partial charge in [-0.25, -0.2) is 4.98 Å². The molecule has 6 nitrogen and oxygen atoms in total. The summed E-state index contributed by atoms with van der Waals surface area (Å²) in [5.41, 5.74) is 3.74. The zero-order chi connectivity index (χ0) is 27.0. The third kappa shape index (κ3) is 6.87. The summed E-state index contributed by atoms with van der Waals surface area (Å²) in [7, 11) is 0. The fraction of sp³-hybridized carbons (Fsp3) is 0.344. The molecule has 0 spiro atoms. The number of halogens is 1. The van der Waals surface area contributed by atoms with E-state index in [2.05, 4.69) is 22.3 Å². The number of imidazole rings is 1. The molecular formula is C32H35ClN4O2. The lowest BCUT2D eigenvalue weighted by atomic mass is 9.93. The molecule has 1 saturated carbocycles. The van der Waals surface area contributed by atoms with Crippen molar-refractivity contribution in [2.24, 2.45) is 0 Å². The van der Waals surface area contributed by atoms with Crippen LogP contribution in [0.1, 0.15) is 49.1 Å². The molecular weight excluding hydrogens is 508 g/mol. The zero-order valence-corrected chi connectivity index (χ0v) is 22.9. The molecule has 1 aliphatic rings. The topological polar surface area (TPSA) is 67.2 Å². The van der Waals surface area contributed by atoms with E-state index >= 15 is 0 Å². The Morgan fingerprint density at radius 2 is 1.64 bits per heavy atom. The minimum absolute atomic E-state index is 0.0897. The van der Waals surface area contributed by atoms with Crippen LogP contribution in [0.3, 0.4) is 0 Å². The normalized spacial score (nSPS) is 13.9. The van der Waals surface area contributed by atoms with Gasteiger partial charge in [0.05, 0.1) is 17.5 Å². The first-order valence-electron chi connectivity index (χ1n) is 13.9. The van der Waals surface area contributed by atoms with E-state index in [1.165, 1.54) is 6.42 Å². The summed E-state index contributed by atoms with van der Waals surface area (Å²) in [4.78, 5) is 33.4. The molecule has 4 aromatic rings. The van der Waals surface area contributed by atoms with Crippen LogP contribution in [0.5, 0.6) is 0 Å². The van der Waals surface area contributed by atoms with Gasteiger partial charge in [-0.1, -0.05) is 91.5 Å². The molecule has 0 saturated heterocycles. The maximum absolute atomic E-state index is 13.9. The smallest absolute Gasteiger partial charge is 0.243 e. The van der Waals surface area contributed by atoms with Gasteiger partial charge in [0.25, 0.3) is 0 Å². The summed E-state index contributed by atoms with van der Waals surface area (Å²) in [6.45, 7) is 1.27. The van der Waals surface area contributed by atoms with Crippen LogP contribution in [0.4, 0.5) is 0 Å². The monoisotopic (exact) mass is 542 g/mol. The van der Waals surface area contributed by atoms with Crippen LogP contribution in [0.15, 0.2) is 78.9 Å². The number of benzene rings is 3. The summed E-state index contributed by atoms with van der Waals surface area (Å²) in [6, 6.07) is 25.8. The molecule has 0 bridgehead atoms. The first kappa shape index (κ1) is 26.9. The molecule has 1 N–H and O–H groups in total. The van der Waals surface area contributed by atoms with E-state index in [4.69, 9.17) is 16.6 Å². The van der Waals surface area contributed by atoms with Crippen molar-refractivity contribution in [2.75, 3.05) is 6.54 Å². The molecule has 5 rings (SSSR count). The van der Waals surface area contributed by atoms with E-state index in [1.807, 2.05) is 65.2 Å². The second kappa shape index (κ2) is 12.9. The Morgan fingerprint density at radius 1 is 0.923 bits per heavy atom. The molecule has 39 heavy (non-hydrogen) atoms. The summed E-state index contributed by atoms with van der Waals surface area (Å²) in [5, 5.41) is 3.58. The van der Waals surface area contributed by atoms with Crippen molar-refractivity contribution in [1.29, 1.82) is 0 Å². The van der Waals surface area contributed by atoms with Gasteiger partial charge in [0.15, 0.2) is 0 Å². The highest BCUT2D eigenvalue weighted by Gasteiger charge is 2.27. The van der Waals surface area contributed by atoms with Crippen molar-refractivity contribution in [1.82, 2.24) is 19.8 Å². The van der Waals surface area contributed by atoms with Gasteiger partial charge in [-0.2, -0.15) is 0 Å². The highest BCUT2D eigenvalue weighted by Crippen LogP contribution is 2.25. The second-order valence-electron chi connectivity index (χ2n) is 10.3. The number of aromatic nitrogens is 2. The first-order valence-corrected chi connectivity index (χ1v) is 14.2. The number of carbonyl (C=O) groups excluding carboxylic acids is 2. The van der Waals surface area contributed by atoms with E-state index in [9.17, 15) is 9.59 Å². The van der Waals surface area contributed by atoms with E-state index in [0.717, 1.165) is 53.7 Å². The van der Waals surface area contributed by atoms with Crippen LogP contribution in [-0.2, 0) is 35.5 Å². The number of amides is 2. The lowest BCUT2D eigenvalue weighted by Crippen LogP contribution is -2.42. The Morgan fingerprint density at radius 3 is 2.44 bits per heavy atom. The van der Waals surface area contributed by atoms with Crippen molar-refractivity contribution < 1.29 is 9.59 Å². The first-order chi connectivity index (χ1) is 19.1. The van der Waals surface area contributed by atoms with Crippen molar-refractivity contribution >= 4 is 34.4 Å². The number of nitrogens with zero attached hydrogens (tertiary/aromatic N) is 3. The molecule has 0 aliphatic heterocycles. The van der Waals surface area contributed by atoms with E-state index in [1.54, 1.807) is 6.07 Å². The van der Waals surface area contributed by atoms with Crippen LogP contribution in [0.2, 0.25) is 5.02 Å². The molecule has 1 aromatic heterocycles. The number of para-hydroxylation sites is 2. The van der Waals surface area contributed by atoms with Crippen LogP contribution < -0.4 is 5.32 Å². The standard InChI is InChI=1S/C32H35ClN4O2/c33-27-16-8-7-13-25(27)21-31(38)34-20-19-30-35-28-17-9-10-18-29(28)37(30)23-32(39)36(26-14-5-2-6-15-26)22-24-11-3-1-4-12-24/h1,3-4,7-13,16-18,26H,2,5-6,14-15,19-23H2,(H,34,38). The van der Waals surface area contributed by atoms with Crippen molar-refractivity contribution in [3.63, 3.8) is 0 Å². The van der Waals surface area contributed by atoms with Crippen LogP contribution in [0.25, 0.3) is 11.0 Å². The number of rotatable bonds is 10. The summed E-state index contributed by atoms with van der Waals surface area (Å²) in [6.07, 6.45) is 6.42. The molecule has 0 radical (unpaired) electrons. The van der Waals surface area contributed by atoms with Crippen molar-refractivity contribution in [2.45, 2.75) is 64.1 Å². The van der Waals surface area contributed by atoms with Gasteiger partial charge in [0, 0.05) is 30.6 Å². The number of carbonyl (C=O) groups is 2. The minimum Gasteiger partial charge on any atom is -0.355 e. The summed E-state index contributed by atoms with van der Waals surface area (Å²) >= 11 is 6.22. The van der Waals surface area contributed by atoms with Crippen molar-refractivity contribution in [3.05, 3.63) is 101 Å². The molecule has 202 valence electrons. The van der Waals surface area contributed by atoms with E-state index in [0.29, 0.717) is 24.5 Å². The van der Waals surface area contributed by atoms with Crippen molar-refractivity contribution in [3.8, 4) is 0 Å². The van der Waals surface area contributed by atoms with Gasteiger partial charge in [0.1, 0.15) is 12.4 Å². The van der Waals surface area contributed by atoms with E-state index in [-0.39, 0.29) is 30.8 Å². The molecule has 0 unspecified atom stereocenters. The van der Waals surface area contributed by atoms with Gasteiger partial charge in [-0.05, 0) is 42.2 Å². The van der Waals surface area contributed by atoms with Gasteiger partial charge in [-0.15, -0.1) is 0 Å². The Hall–Kier alpha value is -3.64. The van der Waals surface area contributed by atoms with Crippen LogP contribution in [0, 0.1) is 0 Å². The van der Waals surface area contributed by atoms with Gasteiger partial charge in [-0.3, -0.25) is 9.59 Å². The van der Waals surface area contributed by atoms with Gasteiger partial charge < -0.3 is 14.8 Å². The zero-order valence-electron chi connectivity index (χ0n) is 22.2. The maximum Gasteiger partial charge on any atom is 0.243 e. The average Bonchev–Trinajstić information content (AvgIpc) is 3.31. The number of hydrogen-bond donors (Lipinski definition) is 1. The predicted octanol–water partition coefficient (Wildman–Crippen LogP) is 5.95. The molecule has 1 heterocycles. The minimum atomic E-state index is -0.0897. The lowest BCUT2D eigenvalue weighted by Gasteiger charge is -2.35. The SMILES string of the molecule is O=C(Cc1ccccc1Cl)NCCc1nc2ccccc2n1CC(=O)N(Cc1ccccc1)C1CCCCC1. The third-order valence-electron chi connectivity index (χ3n) is 7.54. The molecule has 2 amide bonds. The molecule has 7 heteroatoms. The van der Waals surface area contributed by atoms with Crippen LogP contribution in [-0.4, -0.2) is 38.9 Å². The highest BCUT2D eigenvalue weighted by atomic mass is 35.5. The van der Waals surface area contributed by atoms with Gasteiger partial charge >= 0.3 is 0 Å². The number of fused-ring (bicyclic) bond motifs is 1. The molecule has 1 aliphatic carbocycles. The number of hydrogen-bond acceptors (Lipinski definition) is 3. The lowest BCUT2D eigenvalue weighted by molar-refractivity contribution is -0.135. The largest absolute Gasteiger partial charge is 0.355 e. The molecule has 1 fully saturated rings. The third-order valence-corrected chi connectivity index (χ3v) is 7.91. The average molecular weight is 543 g/mol. The summed E-state index contributed by atoms with van der Waals surface area (Å²) < 4.78 is 2.03. The maximum atomic E-state index is 13.9. The molecule has 0 atom stereocenters. The fourth-order valence-electron chi connectivity index (χ4n) is 5.50. The van der Waals surface area contributed by atoms with E-state index < -0.39 is 0 Å². The quantitative estimate of drug-likeness (QED) is 0.269. The Kier molecular flexibility index (Phi) is 8.94. The predicted molar refractivity (Wildman–Crippen MR) is 155 cm³/mol. The summed E-state index contributed by atoms with van der Waals surface area (Å²) in [5.74, 6) is 0.817. The van der Waals surface area contributed by atoms with Crippen LogP contribution >= 0.6 is 11.6 Å². The highest BCUT2D eigenvalue weighted by molar-refractivity contribution is 6.31. The fourth-order valence-corrected chi connectivity index (χ4v) is 5.71. The van der Waals surface area contributed by atoms with Gasteiger partial charge in [0.2, 0.25) is 11.8 Å². The Balaban J connectivity index is 1.31. The Labute approximate surface area is 235 Å². The Bertz CT molecular complexity index is 1410. The molecule has 3 aromatic carbocycles.